The Labute approximate surface area is 143 Å². The van der Waals surface area contributed by atoms with Crippen LogP contribution in [0.4, 0.5) is 10.5 Å². The number of fused-ring (bicyclic) bond motifs is 1. The third kappa shape index (κ3) is 2.48. The molecule has 0 bridgehead atoms. The first-order chi connectivity index (χ1) is 11.7. The van der Waals surface area contributed by atoms with Crippen LogP contribution in [0.25, 0.3) is 0 Å². The lowest BCUT2D eigenvalue weighted by Crippen LogP contribution is -2.67. The summed E-state index contributed by atoms with van der Waals surface area (Å²) in [6, 6.07) is 0. The molecule has 10 heteroatoms. The second kappa shape index (κ2) is 5.81. The van der Waals surface area contributed by atoms with Crippen LogP contribution in [-0.2, 0) is 16.8 Å². The molecule has 1 amide bonds. The second-order valence-corrected chi connectivity index (χ2v) is 6.59. The molecular formula is C15H20N4O6. The van der Waals surface area contributed by atoms with Crippen LogP contribution in [0, 0.1) is 16.0 Å². The zero-order chi connectivity index (χ0) is 18.4. The predicted molar refractivity (Wildman–Crippen MR) is 85.1 cm³/mol. The molecule has 3 atom stereocenters. The molecule has 0 aliphatic carbocycles. The van der Waals surface area contributed by atoms with Gasteiger partial charge in [-0.05, 0) is 6.92 Å². The predicted octanol–water partition coefficient (Wildman–Crippen LogP) is 0.206. The molecule has 0 radical (unpaired) electrons. The van der Waals surface area contributed by atoms with Crippen LogP contribution in [0.2, 0.25) is 0 Å². The van der Waals surface area contributed by atoms with Gasteiger partial charge < -0.3 is 25.6 Å². The molecule has 1 aromatic rings. The minimum Gasteiger partial charge on any atom is -0.477 e. The quantitative estimate of drug-likeness (QED) is 0.516. The molecule has 3 heterocycles. The smallest absolute Gasteiger partial charge is 0.405 e. The third-order valence-corrected chi connectivity index (χ3v) is 5.19. The Kier molecular flexibility index (Phi) is 4.04. The van der Waals surface area contributed by atoms with E-state index < -0.39 is 22.2 Å². The van der Waals surface area contributed by atoms with Gasteiger partial charge in [-0.15, -0.1) is 0 Å². The summed E-state index contributed by atoms with van der Waals surface area (Å²) in [5, 5.41) is 25.9. The van der Waals surface area contributed by atoms with Crippen molar-refractivity contribution in [1.82, 2.24) is 10.3 Å². The molecular weight excluding hydrogens is 332 g/mol. The molecule has 3 rings (SSSR count). The molecule has 136 valence electrons. The number of hydrogen-bond acceptors (Lipinski definition) is 8. The van der Waals surface area contributed by atoms with Crippen LogP contribution >= 0.6 is 0 Å². The van der Waals surface area contributed by atoms with Gasteiger partial charge in [-0.25, -0.2) is 9.78 Å². The molecule has 10 nitrogen and oxygen atoms in total. The molecule has 2 aliphatic rings. The van der Waals surface area contributed by atoms with Gasteiger partial charge >= 0.3 is 6.09 Å². The van der Waals surface area contributed by atoms with Crippen LogP contribution in [0.3, 0.4) is 0 Å². The standard InChI is InChI=1S/C15H20N4O6/c1-8-5-17-7-15(14(8,2)21,25-13(16)20)11-9-3-4-24-12(9)18-6-10(11)19(22)23/h6,8,17,21H,3-5,7H2,1-2H3,(H2,16,20)/t8-,14-,15-/m0/s1. The van der Waals surface area contributed by atoms with E-state index in [1.807, 2.05) is 0 Å². The molecule has 0 spiro atoms. The number of aromatic nitrogens is 1. The fourth-order valence-electron chi connectivity index (χ4n) is 3.66. The number of ether oxygens (including phenoxy) is 2. The molecule has 0 aromatic carbocycles. The lowest BCUT2D eigenvalue weighted by molar-refractivity contribution is -0.387. The number of amides is 1. The SMILES string of the molecule is C[C@H]1CNC[C@](OC(N)=O)(c2c([N+](=O)[O-])cnc3c2CCO3)[C@@]1(C)O. The minimum atomic E-state index is -1.74. The van der Waals surface area contributed by atoms with Gasteiger partial charge in [0.2, 0.25) is 5.88 Å². The van der Waals surface area contributed by atoms with Crippen LogP contribution in [0.15, 0.2) is 6.20 Å². The summed E-state index contributed by atoms with van der Waals surface area (Å²) in [6.07, 6.45) is 0.282. The number of carbonyl (C=O) groups is 1. The Morgan fingerprint density at radius 1 is 1.64 bits per heavy atom. The topological polar surface area (TPSA) is 150 Å². The normalized spacial score (nSPS) is 31.1. The summed E-state index contributed by atoms with van der Waals surface area (Å²) in [6.45, 7) is 3.98. The maximum absolute atomic E-state index is 11.7. The van der Waals surface area contributed by atoms with E-state index in [1.54, 1.807) is 6.92 Å². The van der Waals surface area contributed by atoms with Crippen molar-refractivity contribution in [2.24, 2.45) is 11.7 Å². The molecule has 0 saturated carbocycles. The minimum absolute atomic E-state index is 0.0232. The zero-order valence-electron chi connectivity index (χ0n) is 13.9. The molecule has 0 unspecified atom stereocenters. The number of piperidine rings is 1. The van der Waals surface area contributed by atoms with E-state index in [0.29, 0.717) is 25.1 Å². The van der Waals surface area contributed by atoms with Crippen LogP contribution in [0.1, 0.15) is 25.0 Å². The molecule has 1 saturated heterocycles. The highest BCUT2D eigenvalue weighted by Gasteiger charge is 2.60. The fourth-order valence-corrected chi connectivity index (χ4v) is 3.66. The van der Waals surface area contributed by atoms with Crippen LogP contribution in [0.5, 0.6) is 5.88 Å². The van der Waals surface area contributed by atoms with E-state index in [4.69, 9.17) is 15.2 Å². The van der Waals surface area contributed by atoms with E-state index in [2.05, 4.69) is 10.3 Å². The largest absolute Gasteiger partial charge is 0.477 e. The first-order valence-electron chi connectivity index (χ1n) is 7.92. The fraction of sp³-hybridized carbons (Fsp3) is 0.600. The summed E-state index contributed by atoms with van der Waals surface area (Å²) in [7, 11) is 0. The van der Waals surface area contributed by atoms with Crippen molar-refractivity contribution in [2.75, 3.05) is 19.7 Å². The number of rotatable bonds is 3. The summed E-state index contributed by atoms with van der Waals surface area (Å²) >= 11 is 0. The van der Waals surface area contributed by atoms with E-state index >= 15 is 0 Å². The average molecular weight is 352 g/mol. The van der Waals surface area contributed by atoms with Crippen LogP contribution < -0.4 is 15.8 Å². The summed E-state index contributed by atoms with van der Waals surface area (Å²) in [4.78, 5) is 26.7. The van der Waals surface area contributed by atoms with Gasteiger partial charge in [0, 0.05) is 31.0 Å². The van der Waals surface area contributed by atoms with Gasteiger partial charge in [0.25, 0.3) is 5.69 Å². The molecule has 1 aromatic heterocycles. The van der Waals surface area contributed by atoms with Crippen molar-refractivity contribution in [3.63, 3.8) is 0 Å². The maximum Gasteiger partial charge on any atom is 0.405 e. The van der Waals surface area contributed by atoms with Crippen LogP contribution in [-0.4, -0.2) is 46.4 Å². The molecule has 25 heavy (non-hydrogen) atoms. The van der Waals surface area contributed by atoms with Crippen molar-refractivity contribution < 1.29 is 24.3 Å². The first kappa shape index (κ1) is 17.4. The van der Waals surface area contributed by atoms with Crippen molar-refractivity contribution in [3.05, 3.63) is 27.4 Å². The summed E-state index contributed by atoms with van der Waals surface area (Å²) < 4.78 is 10.8. The number of hydrogen-bond donors (Lipinski definition) is 3. The van der Waals surface area contributed by atoms with Gasteiger partial charge in [-0.2, -0.15) is 0 Å². The highest BCUT2D eigenvalue weighted by atomic mass is 16.6. The number of aliphatic hydroxyl groups is 1. The van der Waals surface area contributed by atoms with E-state index in [9.17, 15) is 20.0 Å². The number of carbonyl (C=O) groups excluding carboxylic acids is 1. The lowest BCUT2D eigenvalue weighted by atomic mass is 9.67. The van der Waals surface area contributed by atoms with Gasteiger partial charge in [0.1, 0.15) is 11.8 Å². The molecule has 2 aliphatic heterocycles. The second-order valence-electron chi connectivity index (χ2n) is 6.59. The third-order valence-electron chi connectivity index (χ3n) is 5.19. The van der Waals surface area contributed by atoms with Gasteiger partial charge in [-0.3, -0.25) is 10.1 Å². The van der Waals surface area contributed by atoms with Crippen molar-refractivity contribution in [2.45, 2.75) is 31.5 Å². The zero-order valence-corrected chi connectivity index (χ0v) is 13.9. The molecule has 1 fully saturated rings. The number of nitrogens with two attached hydrogens (primary N) is 1. The Bertz CT molecular complexity index is 737. The van der Waals surface area contributed by atoms with Crippen molar-refractivity contribution in [1.29, 1.82) is 0 Å². The number of nitrogens with one attached hydrogen (secondary N) is 1. The number of nitrogens with zero attached hydrogens (tertiary/aromatic N) is 2. The van der Waals surface area contributed by atoms with Crippen molar-refractivity contribution in [3.8, 4) is 5.88 Å². The summed E-state index contributed by atoms with van der Waals surface area (Å²) in [5.74, 6) is -0.131. The van der Waals surface area contributed by atoms with Crippen molar-refractivity contribution >= 4 is 11.8 Å². The summed E-state index contributed by atoms with van der Waals surface area (Å²) in [5.41, 5.74) is 2.12. The van der Waals surface area contributed by atoms with E-state index in [1.165, 1.54) is 6.92 Å². The van der Waals surface area contributed by atoms with Gasteiger partial charge in [-0.1, -0.05) is 6.92 Å². The highest BCUT2D eigenvalue weighted by molar-refractivity contribution is 5.67. The Morgan fingerprint density at radius 2 is 2.36 bits per heavy atom. The molecule has 4 N–H and O–H groups in total. The van der Waals surface area contributed by atoms with E-state index in [-0.39, 0.29) is 29.6 Å². The van der Waals surface area contributed by atoms with Gasteiger partial charge in [0.05, 0.1) is 17.1 Å². The maximum atomic E-state index is 11.7. The highest BCUT2D eigenvalue weighted by Crippen LogP contribution is 2.49. The van der Waals surface area contributed by atoms with Gasteiger partial charge in [0.15, 0.2) is 5.60 Å². The number of nitro groups is 1. The average Bonchev–Trinajstić information content (AvgIpc) is 2.99. The lowest BCUT2D eigenvalue weighted by Gasteiger charge is -2.50. The Morgan fingerprint density at radius 3 is 3.00 bits per heavy atom. The number of pyridine rings is 1. The first-order valence-corrected chi connectivity index (χ1v) is 7.92. The Hall–Kier alpha value is -2.46. The van der Waals surface area contributed by atoms with E-state index in [0.717, 1.165) is 6.20 Å². The number of primary amides is 1. The monoisotopic (exact) mass is 352 g/mol. The Balaban J connectivity index is 2.33.